The Morgan fingerprint density at radius 2 is 1.85 bits per heavy atom. The van der Waals surface area contributed by atoms with Crippen LogP contribution in [0.2, 0.25) is 0 Å². The standard InChI is InChI=1S/C16H20N2O.ClH/c1-18(2)11-5-8-14-13-7-4-3-6-12(13)9-10-15(14)16(17)19;/h3-4,6-7,9-10H,5,8,11H2,1-2H3,(H2,17,19);1H. The number of hydrogen-bond acceptors (Lipinski definition) is 2. The summed E-state index contributed by atoms with van der Waals surface area (Å²) in [7, 11) is 4.11. The van der Waals surface area contributed by atoms with Crippen LogP contribution in [-0.4, -0.2) is 31.4 Å². The second-order valence-electron chi connectivity index (χ2n) is 5.08. The molecule has 0 fully saturated rings. The number of nitrogens with zero attached hydrogens (tertiary/aromatic N) is 1. The van der Waals surface area contributed by atoms with Gasteiger partial charge < -0.3 is 10.6 Å². The number of primary amides is 1. The molecule has 0 aliphatic heterocycles. The summed E-state index contributed by atoms with van der Waals surface area (Å²) in [6.07, 6.45) is 1.89. The number of carbonyl (C=O) groups is 1. The van der Waals surface area contributed by atoms with Crippen molar-refractivity contribution in [2.75, 3.05) is 20.6 Å². The maximum absolute atomic E-state index is 11.6. The third kappa shape index (κ3) is 3.71. The second kappa shape index (κ2) is 7.27. The molecular formula is C16H21ClN2O. The predicted octanol–water partition coefficient (Wildman–Crippen LogP) is 2.85. The number of benzene rings is 2. The molecule has 0 aliphatic rings. The fourth-order valence-electron chi connectivity index (χ4n) is 2.41. The molecule has 0 radical (unpaired) electrons. The SMILES string of the molecule is CN(C)CCCc1c(C(N)=O)ccc2ccccc12.Cl. The van der Waals surface area contributed by atoms with Crippen LogP contribution >= 0.6 is 12.4 Å². The fraction of sp³-hybridized carbons (Fsp3) is 0.312. The number of nitrogens with two attached hydrogens (primary N) is 1. The Hall–Kier alpha value is -1.58. The van der Waals surface area contributed by atoms with Crippen molar-refractivity contribution in [3.63, 3.8) is 0 Å². The third-order valence-electron chi connectivity index (χ3n) is 3.34. The van der Waals surface area contributed by atoms with Crippen LogP contribution in [0.3, 0.4) is 0 Å². The first-order valence-corrected chi connectivity index (χ1v) is 6.55. The van der Waals surface area contributed by atoms with Gasteiger partial charge in [-0.3, -0.25) is 4.79 Å². The number of halogens is 1. The Morgan fingerprint density at radius 1 is 1.15 bits per heavy atom. The van der Waals surface area contributed by atoms with Crippen LogP contribution in [0.5, 0.6) is 0 Å². The number of rotatable bonds is 5. The summed E-state index contributed by atoms with van der Waals surface area (Å²) < 4.78 is 0. The highest BCUT2D eigenvalue weighted by atomic mass is 35.5. The van der Waals surface area contributed by atoms with Crippen LogP contribution in [0.4, 0.5) is 0 Å². The first-order chi connectivity index (χ1) is 9.09. The monoisotopic (exact) mass is 292 g/mol. The molecule has 2 aromatic rings. The minimum atomic E-state index is -0.342. The molecule has 0 atom stereocenters. The molecule has 0 saturated heterocycles. The summed E-state index contributed by atoms with van der Waals surface area (Å²) in [6, 6.07) is 11.9. The Morgan fingerprint density at radius 3 is 2.50 bits per heavy atom. The quantitative estimate of drug-likeness (QED) is 0.921. The van der Waals surface area contributed by atoms with Crippen LogP contribution in [0.15, 0.2) is 36.4 Å². The zero-order valence-corrected chi connectivity index (χ0v) is 12.7. The summed E-state index contributed by atoms with van der Waals surface area (Å²) >= 11 is 0. The lowest BCUT2D eigenvalue weighted by molar-refractivity contribution is 0.0999. The molecule has 0 bridgehead atoms. The number of fused-ring (bicyclic) bond motifs is 1. The molecule has 4 heteroatoms. The lowest BCUT2D eigenvalue weighted by Crippen LogP contribution is -2.16. The van der Waals surface area contributed by atoms with E-state index in [9.17, 15) is 4.79 Å². The predicted molar refractivity (Wildman–Crippen MR) is 86.6 cm³/mol. The Kier molecular flexibility index (Phi) is 5.99. The Labute approximate surface area is 126 Å². The van der Waals surface area contributed by atoms with E-state index in [0.29, 0.717) is 5.56 Å². The minimum Gasteiger partial charge on any atom is -0.366 e. The van der Waals surface area contributed by atoms with Crippen LogP contribution in [0.25, 0.3) is 10.8 Å². The van der Waals surface area contributed by atoms with E-state index in [1.54, 1.807) is 0 Å². The van der Waals surface area contributed by atoms with Crippen LogP contribution in [0.1, 0.15) is 22.3 Å². The first kappa shape index (κ1) is 16.5. The summed E-state index contributed by atoms with van der Waals surface area (Å²) in [5, 5.41) is 2.30. The molecule has 0 spiro atoms. The number of amides is 1. The molecule has 2 N–H and O–H groups in total. The highest BCUT2D eigenvalue weighted by Crippen LogP contribution is 2.23. The van der Waals surface area contributed by atoms with Crippen molar-refractivity contribution in [3.8, 4) is 0 Å². The molecule has 0 aromatic heterocycles. The van der Waals surface area contributed by atoms with Crippen molar-refractivity contribution >= 4 is 29.1 Å². The van der Waals surface area contributed by atoms with Crippen molar-refractivity contribution < 1.29 is 4.79 Å². The molecule has 108 valence electrons. The van der Waals surface area contributed by atoms with Gasteiger partial charge in [0.1, 0.15) is 0 Å². The van der Waals surface area contributed by atoms with Crippen LogP contribution < -0.4 is 5.73 Å². The highest BCUT2D eigenvalue weighted by molar-refractivity contribution is 6.00. The van der Waals surface area contributed by atoms with Gasteiger partial charge in [-0.05, 0) is 55.9 Å². The van der Waals surface area contributed by atoms with E-state index in [2.05, 4.69) is 31.1 Å². The normalized spacial score (nSPS) is 10.6. The lowest BCUT2D eigenvalue weighted by atomic mass is 9.95. The summed E-state index contributed by atoms with van der Waals surface area (Å²) in [5.74, 6) is -0.342. The lowest BCUT2D eigenvalue weighted by Gasteiger charge is -2.13. The van der Waals surface area contributed by atoms with E-state index in [0.717, 1.165) is 35.7 Å². The summed E-state index contributed by atoms with van der Waals surface area (Å²) in [6.45, 7) is 1.00. The van der Waals surface area contributed by atoms with Gasteiger partial charge in [0.15, 0.2) is 0 Å². The van der Waals surface area contributed by atoms with Crippen molar-refractivity contribution in [2.45, 2.75) is 12.8 Å². The second-order valence-corrected chi connectivity index (χ2v) is 5.08. The largest absolute Gasteiger partial charge is 0.366 e. The summed E-state index contributed by atoms with van der Waals surface area (Å²) in [5.41, 5.74) is 7.21. The highest BCUT2D eigenvalue weighted by Gasteiger charge is 2.11. The molecule has 2 rings (SSSR count). The average Bonchev–Trinajstić information content (AvgIpc) is 2.38. The smallest absolute Gasteiger partial charge is 0.248 e. The van der Waals surface area contributed by atoms with E-state index in [1.807, 2.05) is 24.3 Å². The molecule has 3 nitrogen and oxygen atoms in total. The maximum Gasteiger partial charge on any atom is 0.248 e. The van der Waals surface area contributed by atoms with Gasteiger partial charge in [-0.1, -0.05) is 30.3 Å². The molecule has 0 saturated carbocycles. The zero-order chi connectivity index (χ0) is 13.8. The van der Waals surface area contributed by atoms with Gasteiger partial charge in [-0.25, -0.2) is 0 Å². The zero-order valence-electron chi connectivity index (χ0n) is 11.9. The topological polar surface area (TPSA) is 46.3 Å². The number of carbonyl (C=O) groups excluding carboxylic acids is 1. The van der Waals surface area contributed by atoms with Crippen molar-refractivity contribution in [3.05, 3.63) is 47.5 Å². The third-order valence-corrected chi connectivity index (χ3v) is 3.34. The fourth-order valence-corrected chi connectivity index (χ4v) is 2.41. The molecular weight excluding hydrogens is 272 g/mol. The Bertz CT molecular complexity index is 596. The molecule has 0 heterocycles. The van der Waals surface area contributed by atoms with Gasteiger partial charge in [0.05, 0.1) is 0 Å². The van der Waals surface area contributed by atoms with Gasteiger partial charge in [0.25, 0.3) is 0 Å². The van der Waals surface area contributed by atoms with Crippen LogP contribution in [-0.2, 0) is 6.42 Å². The van der Waals surface area contributed by atoms with Crippen molar-refractivity contribution in [2.24, 2.45) is 5.73 Å². The van der Waals surface area contributed by atoms with E-state index < -0.39 is 0 Å². The van der Waals surface area contributed by atoms with E-state index in [-0.39, 0.29) is 18.3 Å². The molecule has 20 heavy (non-hydrogen) atoms. The number of hydrogen-bond donors (Lipinski definition) is 1. The van der Waals surface area contributed by atoms with Crippen molar-refractivity contribution in [1.82, 2.24) is 4.90 Å². The molecule has 2 aromatic carbocycles. The maximum atomic E-state index is 11.6. The molecule has 0 unspecified atom stereocenters. The van der Waals surface area contributed by atoms with Gasteiger partial charge in [0, 0.05) is 5.56 Å². The average molecular weight is 293 g/mol. The van der Waals surface area contributed by atoms with E-state index in [1.165, 1.54) is 0 Å². The van der Waals surface area contributed by atoms with Crippen LogP contribution in [0, 0.1) is 0 Å². The summed E-state index contributed by atoms with van der Waals surface area (Å²) in [4.78, 5) is 13.7. The Balaban J connectivity index is 0.00000200. The van der Waals surface area contributed by atoms with Gasteiger partial charge in [-0.15, -0.1) is 12.4 Å². The van der Waals surface area contributed by atoms with Gasteiger partial charge in [0.2, 0.25) is 5.91 Å². The van der Waals surface area contributed by atoms with Gasteiger partial charge >= 0.3 is 0 Å². The molecule has 1 amide bonds. The van der Waals surface area contributed by atoms with Crippen molar-refractivity contribution in [1.29, 1.82) is 0 Å². The van der Waals surface area contributed by atoms with E-state index >= 15 is 0 Å². The minimum absolute atomic E-state index is 0. The molecule has 0 aliphatic carbocycles. The number of aryl methyl sites for hydroxylation is 1. The van der Waals surface area contributed by atoms with Gasteiger partial charge in [-0.2, -0.15) is 0 Å². The first-order valence-electron chi connectivity index (χ1n) is 6.55. The van der Waals surface area contributed by atoms with E-state index in [4.69, 9.17) is 5.73 Å².